The van der Waals surface area contributed by atoms with Gasteiger partial charge in [0, 0.05) is 11.6 Å². The summed E-state index contributed by atoms with van der Waals surface area (Å²) in [6, 6.07) is 0.274. The van der Waals surface area contributed by atoms with Gasteiger partial charge in [-0.15, -0.1) is 5.10 Å². The second-order valence-electron chi connectivity index (χ2n) is 4.32. The molecule has 1 N–H and O–H groups in total. The number of nitrogens with one attached hydrogen (secondary N) is 1. The van der Waals surface area contributed by atoms with Gasteiger partial charge in [-0.25, -0.2) is 19.9 Å². The van der Waals surface area contributed by atoms with Crippen molar-refractivity contribution in [3.63, 3.8) is 0 Å². The van der Waals surface area contributed by atoms with E-state index in [0.717, 1.165) is 29.9 Å². The number of rotatable bonds is 4. The molecule has 8 heteroatoms. The molecule has 1 aliphatic rings. The van der Waals surface area contributed by atoms with E-state index in [1.54, 1.807) is 4.57 Å². The third-order valence-corrected chi connectivity index (χ3v) is 4.32. The van der Waals surface area contributed by atoms with Gasteiger partial charge in [0.2, 0.25) is 0 Å². The summed E-state index contributed by atoms with van der Waals surface area (Å²) in [5.41, 5.74) is 0.718. The molecule has 0 bridgehead atoms. The summed E-state index contributed by atoms with van der Waals surface area (Å²) in [7, 11) is 0. The van der Waals surface area contributed by atoms with Crippen molar-refractivity contribution in [1.29, 1.82) is 0 Å². The highest BCUT2D eigenvalue weighted by molar-refractivity contribution is 7.99. The highest BCUT2D eigenvalue weighted by atomic mass is 35.5. The monoisotopic (exact) mass is 297 g/mol. The van der Waals surface area contributed by atoms with Crippen molar-refractivity contribution >= 4 is 23.4 Å². The largest absolute Gasteiger partial charge is 0.344 e. The van der Waals surface area contributed by atoms with E-state index in [2.05, 4.69) is 20.2 Å². The van der Waals surface area contributed by atoms with Crippen LogP contribution in [0, 0.1) is 0 Å². The van der Waals surface area contributed by atoms with Gasteiger partial charge in [0.05, 0.1) is 0 Å². The van der Waals surface area contributed by atoms with E-state index in [9.17, 15) is 4.79 Å². The molecule has 2 heterocycles. The summed E-state index contributed by atoms with van der Waals surface area (Å²) in [6.45, 7) is 1.99. The van der Waals surface area contributed by atoms with Crippen molar-refractivity contribution in [2.75, 3.05) is 0 Å². The van der Waals surface area contributed by atoms with Gasteiger partial charge in [0.25, 0.3) is 0 Å². The first-order chi connectivity index (χ1) is 9.20. The molecule has 3 rings (SSSR count). The van der Waals surface area contributed by atoms with E-state index >= 15 is 0 Å². The standard InChI is InChI=1S/C11H12ClN5OS/c1-2-7-8(12)13-5-14-9(7)19-11-16-15-10(18)17(11)6-3-4-6/h5-6H,2-4H2,1H3,(H,15,18). The van der Waals surface area contributed by atoms with Gasteiger partial charge in [-0.3, -0.25) is 4.57 Å². The summed E-state index contributed by atoms with van der Waals surface area (Å²) in [6.07, 6.45) is 4.21. The minimum absolute atomic E-state index is 0.164. The minimum atomic E-state index is -0.164. The van der Waals surface area contributed by atoms with Crippen LogP contribution in [0.1, 0.15) is 31.4 Å². The third kappa shape index (κ3) is 2.40. The summed E-state index contributed by atoms with van der Waals surface area (Å²) in [4.78, 5) is 19.9. The molecule has 1 fully saturated rings. The first kappa shape index (κ1) is 12.7. The van der Waals surface area contributed by atoms with Crippen LogP contribution >= 0.6 is 23.4 Å². The Kier molecular flexibility index (Phi) is 3.32. The number of hydrogen-bond donors (Lipinski definition) is 1. The molecular weight excluding hydrogens is 286 g/mol. The Bertz CT molecular complexity index is 663. The van der Waals surface area contributed by atoms with E-state index in [4.69, 9.17) is 11.6 Å². The molecule has 2 aromatic heterocycles. The number of hydrogen-bond acceptors (Lipinski definition) is 5. The maximum absolute atomic E-state index is 11.7. The predicted molar refractivity (Wildman–Crippen MR) is 71.7 cm³/mol. The van der Waals surface area contributed by atoms with Crippen LogP contribution in [0.2, 0.25) is 5.15 Å². The Morgan fingerprint density at radius 3 is 3.00 bits per heavy atom. The van der Waals surface area contributed by atoms with E-state index in [1.807, 2.05) is 6.92 Å². The van der Waals surface area contributed by atoms with Crippen LogP contribution < -0.4 is 5.69 Å². The first-order valence-electron chi connectivity index (χ1n) is 6.04. The average Bonchev–Trinajstić information content (AvgIpc) is 3.15. The van der Waals surface area contributed by atoms with Crippen molar-refractivity contribution < 1.29 is 0 Å². The van der Waals surface area contributed by atoms with Gasteiger partial charge in [-0.1, -0.05) is 18.5 Å². The van der Waals surface area contributed by atoms with Gasteiger partial charge in [-0.05, 0) is 31.0 Å². The van der Waals surface area contributed by atoms with Crippen LogP contribution in [0.25, 0.3) is 0 Å². The van der Waals surface area contributed by atoms with Crippen molar-refractivity contribution in [2.24, 2.45) is 0 Å². The minimum Gasteiger partial charge on any atom is -0.267 e. The number of nitrogens with zero attached hydrogens (tertiary/aromatic N) is 4. The normalized spacial score (nSPS) is 14.8. The van der Waals surface area contributed by atoms with Gasteiger partial charge in [-0.2, -0.15) is 0 Å². The smallest absolute Gasteiger partial charge is 0.267 e. The zero-order valence-corrected chi connectivity index (χ0v) is 11.8. The van der Waals surface area contributed by atoms with Crippen LogP contribution in [-0.2, 0) is 6.42 Å². The molecule has 6 nitrogen and oxygen atoms in total. The molecule has 0 aliphatic heterocycles. The number of aromatic amines is 1. The van der Waals surface area contributed by atoms with Gasteiger partial charge in [0.1, 0.15) is 16.5 Å². The number of halogens is 1. The van der Waals surface area contributed by atoms with Crippen LogP contribution in [0.5, 0.6) is 0 Å². The van der Waals surface area contributed by atoms with Crippen LogP contribution in [0.3, 0.4) is 0 Å². The fourth-order valence-electron chi connectivity index (χ4n) is 1.86. The SMILES string of the molecule is CCc1c(Cl)ncnc1Sc1n[nH]c(=O)n1C1CC1. The summed E-state index contributed by atoms with van der Waals surface area (Å²) >= 11 is 7.41. The predicted octanol–water partition coefficient (Wildman–Crippen LogP) is 2.06. The topological polar surface area (TPSA) is 76.5 Å². The third-order valence-electron chi connectivity index (χ3n) is 2.98. The maximum Gasteiger partial charge on any atom is 0.344 e. The fourth-order valence-corrected chi connectivity index (χ4v) is 3.25. The molecule has 0 aromatic carbocycles. The lowest BCUT2D eigenvalue weighted by atomic mass is 10.3. The number of H-pyrrole nitrogens is 1. The highest BCUT2D eigenvalue weighted by Gasteiger charge is 2.29. The summed E-state index contributed by atoms with van der Waals surface area (Å²) in [5, 5.41) is 8.40. The number of aromatic nitrogens is 5. The van der Waals surface area contributed by atoms with Crippen molar-refractivity contribution in [2.45, 2.75) is 42.4 Å². The van der Waals surface area contributed by atoms with Crippen LogP contribution in [0.15, 0.2) is 21.3 Å². The zero-order chi connectivity index (χ0) is 13.4. The molecule has 19 heavy (non-hydrogen) atoms. The van der Waals surface area contributed by atoms with Crippen molar-refractivity contribution in [3.05, 3.63) is 27.5 Å². The Labute approximate surface area is 118 Å². The van der Waals surface area contributed by atoms with Gasteiger partial charge >= 0.3 is 5.69 Å². The lowest BCUT2D eigenvalue weighted by molar-refractivity contribution is 0.642. The Hall–Kier alpha value is -1.34. The zero-order valence-electron chi connectivity index (χ0n) is 10.3. The average molecular weight is 298 g/mol. The summed E-state index contributed by atoms with van der Waals surface area (Å²) < 4.78 is 1.69. The molecule has 0 saturated heterocycles. The lowest BCUT2D eigenvalue weighted by Gasteiger charge is -2.07. The lowest BCUT2D eigenvalue weighted by Crippen LogP contribution is -2.16. The second kappa shape index (κ2) is 4.97. The molecule has 0 radical (unpaired) electrons. The van der Waals surface area contributed by atoms with Crippen LogP contribution in [0.4, 0.5) is 0 Å². The Morgan fingerprint density at radius 2 is 2.32 bits per heavy atom. The molecule has 100 valence electrons. The van der Waals surface area contributed by atoms with Crippen molar-refractivity contribution in [3.8, 4) is 0 Å². The Morgan fingerprint density at radius 1 is 1.53 bits per heavy atom. The molecule has 1 aliphatic carbocycles. The second-order valence-corrected chi connectivity index (χ2v) is 5.63. The summed E-state index contributed by atoms with van der Waals surface area (Å²) in [5.74, 6) is 0. The van der Waals surface area contributed by atoms with Gasteiger partial charge in [0.15, 0.2) is 5.16 Å². The molecule has 0 unspecified atom stereocenters. The fraction of sp³-hybridized carbons (Fsp3) is 0.455. The van der Waals surface area contributed by atoms with Gasteiger partial charge < -0.3 is 0 Å². The molecule has 2 aromatic rings. The molecular formula is C11H12ClN5OS. The van der Waals surface area contributed by atoms with E-state index < -0.39 is 0 Å². The van der Waals surface area contributed by atoms with E-state index in [0.29, 0.717) is 10.3 Å². The van der Waals surface area contributed by atoms with Crippen molar-refractivity contribution in [1.82, 2.24) is 24.7 Å². The van der Waals surface area contributed by atoms with E-state index in [-0.39, 0.29) is 11.7 Å². The highest BCUT2D eigenvalue weighted by Crippen LogP contribution is 2.38. The Balaban J connectivity index is 1.98. The van der Waals surface area contributed by atoms with E-state index in [1.165, 1.54) is 18.1 Å². The molecule has 0 amide bonds. The molecule has 0 atom stereocenters. The molecule has 0 spiro atoms. The maximum atomic E-state index is 11.7. The first-order valence-corrected chi connectivity index (χ1v) is 7.24. The quantitative estimate of drug-likeness (QED) is 0.874. The van der Waals surface area contributed by atoms with Crippen LogP contribution in [-0.4, -0.2) is 24.7 Å². The molecule has 1 saturated carbocycles.